The molecule has 3 N–H and O–H groups in total. The van der Waals surface area contributed by atoms with Crippen LogP contribution in [0.1, 0.15) is 28.3 Å². The van der Waals surface area contributed by atoms with Crippen LogP contribution in [0.3, 0.4) is 0 Å². The van der Waals surface area contributed by atoms with Gasteiger partial charge in [0.1, 0.15) is 17.5 Å². The predicted octanol–water partition coefficient (Wildman–Crippen LogP) is 3.47. The summed E-state index contributed by atoms with van der Waals surface area (Å²) in [6.07, 6.45) is 0.380. The molecule has 0 aliphatic carbocycles. The summed E-state index contributed by atoms with van der Waals surface area (Å²) in [5, 5.41) is 0. The summed E-state index contributed by atoms with van der Waals surface area (Å²) in [4.78, 5) is 0. The summed E-state index contributed by atoms with van der Waals surface area (Å²) >= 11 is 0. The van der Waals surface area contributed by atoms with E-state index in [1.54, 1.807) is 19.9 Å². The van der Waals surface area contributed by atoms with Crippen LogP contribution < -0.4 is 11.3 Å². The van der Waals surface area contributed by atoms with Gasteiger partial charge in [-0.1, -0.05) is 6.07 Å². The van der Waals surface area contributed by atoms with Gasteiger partial charge in [0.15, 0.2) is 0 Å². The van der Waals surface area contributed by atoms with Gasteiger partial charge in [-0.3, -0.25) is 11.3 Å². The van der Waals surface area contributed by atoms with Gasteiger partial charge in [0, 0.05) is 11.6 Å². The molecular formula is C16H17F3N2. The van der Waals surface area contributed by atoms with Crippen LogP contribution >= 0.6 is 0 Å². The third kappa shape index (κ3) is 3.43. The van der Waals surface area contributed by atoms with Gasteiger partial charge in [0.2, 0.25) is 0 Å². The molecule has 0 aliphatic rings. The van der Waals surface area contributed by atoms with Gasteiger partial charge >= 0.3 is 0 Å². The second-order valence-electron chi connectivity index (χ2n) is 5.12. The van der Waals surface area contributed by atoms with Crippen molar-refractivity contribution in [1.82, 2.24) is 5.43 Å². The molecule has 0 saturated heterocycles. The maximum absolute atomic E-state index is 13.9. The maximum atomic E-state index is 13.9. The lowest BCUT2D eigenvalue weighted by atomic mass is 9.95. The molecule has 0 aromatic heterocycles. The van der Waals surface area contributed by atoms with E-state index >= 15 is 0 Å². The fraction of sp³-hybridized carbons (Fsp3) is 0.250. The Hall–Kier alpha value is -1.85. The summed E-state index contributed by atoms with van der Waals surface area (Å²) in [6, 6.07) is 6.18. The molecule has 2 aromatic carbocycles. The van der Waals surface area contributed by atoms with E-state index in [1.807, 2.05) is 0 Å². The number of nitrogens with one attached hydrogen (secondary N) is 1. The summed E-state index contributed by atoms with van der Waals surface area (Å²) in [7, 11) is 0. The monoisotopic (exact) mass is 294 g/mol. The van der Waals surface area contributed by atoms with Crippen molar-refractivity contribution in [3.63, 3.8) is 0 Å². The summed E-state index contributed by atoms with van der Waals surface area (Å²) in [5.74, 6) is 3.94. The van der Waals surface area contributed by atoms with Gasteiger partial charge in [0.05, 0.1) is 6.04 Å². The van der Waals surface area contributed by atoms with Gasteiger partial charge in [-0.25, -0.2) is 13.2 Å². The number of nitrogens with two attached hydrogens (primary N) is 1. The van der Waals surface area contributed by atoms with E-state index in [0.29, 0.717) is 17.5 Å². The standard InChI is InChI=1S/C16H17F3N2/c1-9-5-12(17)4-3-11(9)7-16(21-20)13-6-10(2)14(18)8-15(13)19/h3-6,8,16,21H,7,20H2,1-2H3. The number of hydrogen-bond donors (Lipinski definition) is 2. The molecule has 5 heteroatoms. The lowest BCUT2D eigenvalue weighted by molar-refractivity contribution is 0.499. The van der Waals surface area contributed by atoms with Crippen molar-refractivity contribution in [1.29, 1.82) is 0 Å². The Balaban J connectivity index is 2.34. The van der Waals surface area contributed by atoms with Crippen molar-refractivity contribution in [3.8, 4) is 0 Å². The van der Waals surface area contributed by atoms with E-state index in [4.69, 9.17) is 5.84 Å². The van der Waals surface area contributed by atoms with E-state index < -0.39 is 17.7 Å². The number of hydrogen-bond acceptors (Lipinski definition) is 2. The van der Waals surface area contributed by atoms with Crippen LogP contribution in [0.4, 0.5) is 13.2 Å². The van der Waals surface area contributed by atoms with Crippen LogP contribution in [0, 0.1) is 31.3 Å². The Morgan fingerprint density at radius 2 is 1.71 bits per heavy atom. The molecule has 21 heavy (non-hydrogen) atoms. The maximum Gasteiger partial charge on any atom is 0.130 e. The molecule has 2 rings (SSSR count). The Morgan fingerprint density at radius 1 is 1.00 bits per heavy atom. The van der Waals surface area contributed by atoms with Gasteiger partial charge in [-0.2, -0.15) is 0 Å². The SMILES string of the molecule is Cc1cc(C(Cc2ccc(F)cc2C)NN)c(F)cc1F. The number of aryl methyl sites for hydroxylation is 2. The highest BCUT2D eigenvalue weighted by Gasteiger charge is 2.18. The molecule has 1 unspecified atom stereocenters. The molecule has 2 nitrogen and oxygen atoms in total. The Kier molecular flexibility index (Phi) is 4.65. The minimum absolute atomic E-state index is 0.292. The van der Waals surface area contributed by atoms with Crippen molar-refractivity contribution in [2.24, 2.45) is 5.84 Å². The van der Waals surface area contributed by atoms with Crippen LogP contribution in [-0.2, 0) is 6.42 Å². The quantitative estimate of drug-likeness (QED) is 0.669. The second-order valence-corrected chi connectivity index (χ2v) is 5.12. The first-order valence-corrected chi connectivity index (χ1v) is 6.59. The highest BCUT2D eigenvalue weighted by Crippen LogP contribution is 2.25. The first kappa shape index (κ1) is 15.5. The van der Waals surface area contributed by atoms with Crippen molar-refractivity contribution in [2.45, 2.75) is 26.3 Å². The molecule has 0 amide bonds. The van der Waals surface area contributed by atoms with E-state index in [-0.39, 0.29) is 5.82 Å². The Morgan fingerprint density at radius 3 is 2.33 bits per heavy atom. The highest BCUT2D eigenvalue weighted by atomic mass is 19.1. The molecule has 0 aliphatic heterocycles. The molecular weight excluding hydrogens is 277 g/mol. The largest absolute Gasteiger partial charge is 0.271 e. The summed E-state index contributed by atoms with van der Waals surface area (Å²) in [6.45, 7) is 3.34. The number of halogens is 3. The molecule has 0 saturated carbocycles. The van der Waals surface area contributed by atoms with Crippen LogP contribution in [0.15, 0.2) is 30.3 Å². The van der Waals surface area contributed by atoms with Crippen molar-refractivity contribution >= 4 is 0 Å². The lowest BCUT2D eigenvalue weighted by Crippen LogP contribution is -2.30. The molecule has 0 fully saturated rings. The van der Waals surface area contributed by atoms with Crippen LogP contribution in [0.5, 0.6) is 0 Å². The van der Waals surface area contributed by atoms with E-state index in [9.17, 15) is 13.2 Å². The zero-order valence-electron chi connectivity index (χ0n) is 11.9. The predicted molar refractivity (Wildman–Crippen MR) is 76.0 cm³/mol. The molecule has 2 aromatic rings. The van der Waals surface area contributed by atoms with Gasteiger partial charge in [0.25, 0.3) is 0 Å². The molecule has 1 atom stereocenters. The van der Waals surface area contributed by atoms with Gasteiger partial charge in [-0.05, 0) is 55.2 Å². The van der Waals surface area contributed by atoms with Crippen LogP contribution in [-0.4, -0.2) is 0 Å². The minimum atomic E-state index is -0.652. The van der Waals surface area contributed by atoms with E-state index in [2.05, 4.69) is 5.43 Å². The van der Waals surface area contributed by atoms with Gasteiger partial charge < -0.3 is 0 Å². The zero-order chi connectivity index (χ0) is 15.6. The molecule has 0 bridgehead atoms. The summed E-state index contributed by atoms with van der Waals surface area (Å²) in [5.41, 5.74) is 4.79. The van der Waals surface area contributed by atoms with Crippen LogP contribution in [0.2, 0.25) is 0 Å². The average Bonchev–Trinajstić information content (AvgIpc) is 2.43. The fourth-order valence-corrected chi connectivity index (χ4v) is 2.31. The number of rotatable bonds is 4. The smallest absolute Gasteiger partial charge is 0.130 e. The first-order chi connectivity index (χ1) is 9.92. The second kappa shape index (κ2) is 6.28. The number of hydrazine groups is 1. The number of benzene rings is 2. The average molecular weight is 294 g/mol. The lowest BCUT2D eigenvalue weighted by Gasteiger charge is -2.19. The Labute approximate surface area is 121 Å². The minimum Gasteiger partial charge on any atom is -0.271 e. The van der Waals surface area contributed by atoms with Crippen LogP contribution in [0.25, 0.3) is 0 Å². The van der Waals surface area contributed by atoms with Crippen molar-refractivity contribution in [2.75, 3.05) is 0 Å². The van der Waals surface area contributed by atoms with Crippen molar-refractivity contribution in [3.05, 3.63) is 70.0 Å². The van der Waals surface area contributed by atoms with Crippen molar-refractivity contribution < 1.29 is 13.2 Å². The first-order valence-electron chi connectivity index (χ1n) is 6.59. The zero-order valence-corrected chi connectivity index (χ0v) is 11.9. The molecule has 112 valence electrons. The third-order valence-electron chi connectivity index (χ3n) is 3.58. The Bertz CT molecular complexity index is 656. The fourth-order valence-electron chi connectivity index (χ4n) is 2.31. The third-order valence-corrected chi connectivity index (χ3v) is 3.58. The highest BCUT2D eigenvalue weighted by molar-refractivity contribution is 5.32. The normalized spacial score (nSPS) is 12.5. The van der Waals surface area contributed by atoms with Gasteiger partial charge in [-0.15, -0.1) is 0 Å². The topological polar surface area (TPSA) is 38.0 Å². The molecule has 0 spiro atoms. The molecule has 0 radical (unpaired) electrons. The van der Waals surface area contributed by atoms with E-state index in [1.165, 1.54) is 18.2 Å². The summed E-state index contributed by atoms with van der Waals surface area (Å²) < 4.78 is 40.4. The van der Waals surface area contributed by atoms with E-state index in [0.717, 1.165) is 17.2 Å². The molecule has 0 heterocycles.